The third kappa shape index (κ3) is 11.8. The zero-order chi connectivity index (χ0) is 37.9. The fourth-order valence-electron chi connectivity index (χ4n) is 5.63. The number of alkyl halides is 3. The number of aliphatic carboxylic acids is 1. The number of rotatable bonds is 14. The van der Waals surface area contributed by atoms with E-state index in [-0.39, 0.29) is 17.7 Å². The van der Waals surface area contributed by atoms with Gasteiger partial charge in [-0.1, -0.05) is 31.5 Å². The Labute approximate surface area is 289 Å². The van der Waals surface area contributed by atoms with Crippen LogP contribution in [0.15, 0.2) is 46.5 Å². The number of hydrogen-bond acceptors (Lipinski definition) is 6. The van der Waals surface area contributed by atoms with Gasteiger partial charge in [0.05, 0.1) is 17.7 Å². The first-order chi connectivity index (χ1) is 23.3. The molecule has 1 atom stereocenters. The summed E-state index contributed by atoms with van der Waals surface area (Å²) in [5.41, 5.74) is 5.45. The van der Waals surface area contributed by atoms with Gasteiger partial charge in [0.25, 0.3) is 11.5 Å². The van der Waals surface area contributed by atoms with Gasteiger partial charge in [0.2, 0.25) is 0 Å². The van der Waals surface area contributed by atoms with E-state index in [0.717, 1.165) is 46.4 Å². The summed E-state index contributed by atoms with van der Waals surface area (Å²) < 4.78 is 54.8. The molecule has 0 spiro atoms. The van der Waals surface area contributed by atoms with Crippen LogP contribution in [0.2, 0.25) is 0 Å². The number of pyridine rings is 1. The molecule has 274 valence electrons. The third-order valence-corrected chi connectivity index (χ3v) is 7.91. The first-order valence-electron chi connectivity index (χ1n) is 16.2. The number of carbonyl (C=O) groups is 2. The van der Waals surface area contributed by atoms with Gasteiger partial charge in [0, 0.05) is 18.7 Å². The van der Waals surface area contributed by atoms with Crippen molar-refractivity contribution in [1.29, 1.82) is 0 Å². The van der Waals surface area contributed by atoms with Gasteiger partial charge in [0.1, 0.15) is 17.1 Å². The van der Waals surface area contributed by atoms with Crippen LogP contribution in [0.5, 0.6) is 0 Å². The minimum Gasteiger partial charge on any atom is -0.481 e. The van der Waals surface area contributed by atoms with Crippen molar-refractivity contribution in [2.24, 2.45) is 11.2 Å². The molecule has 50 heavy (non-hydrogen) atoms. The molecule has 1 amide bonds. The molecule has 14 heteroatoms. The smallest absolute Gasteiger partial charge is 0.431 e. The van der Waals surface area contributed by atoms with Crippen LogP contribution in [-0.4, -0.2) is 53.6 Å². The summed E-state index contributed by atoms with van der Waals surface area (Å²) >= 11 is 0. The summed E-state index contributed by atoms with van der Waals surface area (Å²) in [7, 11) is 3.60. The van der Waals surface area contributed by atoms with Gasteiger partial charge >= 0.3 is 12.1 Å². The Balaban J connectivity index is 0.000000347. The van der Waals surface area contributed by atoms with Gasteiger partial charge in [-0.2, -0.15) is 13.2 Å². The lowest BCUT2D eigenvalue weighted by atomic mass is 9.90. The van der Waals surface area contributed by atoms with Gasteiger partial charge in [0.15, 0.2) is 0 Å². The van der Waals surface area contributed by atoms with Crippen LogP contribution in [0.3, 0.4) is 0 Å². The molecule has 2 aromatic carbocycles. The SMILES string of the molecule is CC(C)CCNC(=O)c1ccc(C(F)(F)F)n(CCCN(C)C)c1=O.Cc1cc(C)c(-c2cc(C)c(F)c([C@H](CC(=O)O)NN=O)c2)c(C)c1. The number of aryl methyl sites for hydroxylation is 4. The van der Waals surface area contributed by atoms with Gasteiger partial charge in [-0.25, -0.2) is 4.39 Å². The first kappa shape index (κ1) is 41.6. The highest BCUT2D eigenvalue weighted by molar-refractivity contribution is 5.93. The van der Waals surface area contributed by atoms with Gasteiger partial charge in [-0.15, -0.1) is 4.91 Å². The first-order valence-corrected chi connectivity index (χ1v) is 16.2. The van der Waals surface area contributed by atoms with Gasteiger partial charge < -0.3 is 19.9 Å². The number of carboxylic acid groups (broad SMARTS) is 1. The second kappa shape index (κ2) is 18.4. The number of aromatic nitrogens is 1. The molecule has 0 aliphatic heterocycles. The van der Waals surface area contributed by atoms with E-state index in [4.69, 9.17) is 5.11 Å². The highest BCUT2D eigenvalue weighted by Crippen LogP contribution is 2.34. The molecule has 0 fully saturated rings. The van der Waals surface area contributed by atoms with E-state index in [1.165, 1.54) is 0 Å². The van der Waals surface area contributed by atoms with Crippen molar-refractivity contribution in [3.63, 3.8) is 0 Å². The molecule has 1 heterocycles. The number of hydrogen-bond donors (Lipinski definition) is 3. The normalized spacial score (nSPS) is 12.0. The maximum Gasteiger partial charge on any atom is 0.431 e. The van der Waals surface area contributed by atoms with Crippen LogP contribution in [-0.2, 0) is 17.5 Å². The number of carbonyl (C=O) groups excluding carboxylic acids is 1. The Bertz CT molecular complexity index is 1700. The van der Waals surface area contributed by atoms with Crippen molar-refractivity contribution in [3.8, 4) is 11.1 Å². The fraction of sp³-hybridized carbons (Fsp3) is 0.472. The van der Waals surface area contributed by atoms with E-state index in [0.29, 0.717) is 35.6 Å². The van der Waals surface area contributed by atoms with Crippen LogP contribution < -0.4 is 16.3 Å². The van der Waals surface area contributed by atoms with Crippen LogP contribution in [0, 0.1) is 44.3 Å². The number of nitroso groups, excluding NO2 is 1. The second-order valence-electron chi connectivity index (χ2n) is 13.0. The van der Waals surface area contributed by atoms with Crippen molar-refractivity contribution in [1.82, 2.24) is 20.2 Å². The van der Waals surface area contributed by atoms with Crippen LogP contribution >= 0.6 is 0 Å². The minimum absolute atomic E-state index is 0.0982. The Kier molecular flexibility index (Phi) is 15.3. The van der Waals surface area contributed by atoms with Crippen molar-refractivity contribution >= 4 is 11.9 Å². The maximum atomic E-state index is 14.6. The number of benzene rings is 2. The molecule has 0 radical (unpaired) electrons. The van der Waals surface area contributed by atoms with Gasteiger partial charge in [-0.05, 0) is 119 Å². The highest BCUT2D eigenvalue weighted by Gasteiger charge is 2.35. The number of carboxylic acids is 1. The van der Waals surface area contributed by atoms with E-state index < -0.39 is 47.6 Å². The van der Waals surface area contributed by atoms with Crippen LogP contribution in [0.4, 0.5) is 17.6 Å². The van der Waals surface area contributed by atoms with Crippen molar-refractivity contribution < 1.29 is 32.3 Å². The average molecular weight is 706 g/mol. The van der Waals surface area contributed by atoms with Gasteiger partial charge in [-0.3, -0.25) is 19.8 Å². The minimum atomic E-state index is -4.65. The number of amides is 1. The Hall–Kier alpha value is -4.59. The van der Waals surface area contributed by atoms with E-state index in [2.05, 4.69) is 16.0 Å². The third-order valence-electron chi connectivity index (χ3n) is 7.91. The average Bonchev–Trinajstić information content (AvgIpc) is 2.98. The molecule has 0 saturated heterocycles. The van der Waals surface area contributed by atoms with Crippen LogP contribution in [0.25, 0.3) is 11.1 Å². The monoisotopic (exact) mass is 705 g/mol. The predicted octanol–water partition coefficient (Wildman–Crippen LogP) is 7.11. The second-order valence-corrected chi connectivity index (χ2v) is 13.0. The molecule has 10 nitrogen and oxygen atoms in total. The summed E-state index contributed by atoms with van der Waals surface area (Å²) in [6.07, 6.45) is -4.00. The quantitative estimate of drug-likeness (QED) is 0.0926. The largest absolute Gasteiger partial charge is 0.481 e. The predicted molar refractivity (Wildman–Crippen MR) is 185 cm³/mol. The molecular formula is C36H47F4N5O5. The molecule has 1 aromatic heterocycles. The summed E-state index contributed by atoms with van der Waals surface area (Å²) in [6.45, 7) is 12.4. The zero-order valence-electron chi connectivity index (χ0n) is 29.8. The summed E-state index contributed by atoms with van der Waals surface area (Å²) in [4.78, 5) is 48.0. The highest BCUT2D eigenvalue weighted by atomic mass is 19.4. The molecule has 0 saturated carbocycles. The van der Waals surface area contributed by atoms with E-state index in [1.807, 2.05) is 51.7 Å². The lowest BCUT2D eigenvalue weighted by molar-refractivity contribution is -0.144. The number of nitrogens with zero attached hydrogens (tertiary/aromatic N) is 3. The zero-order valence-corrected chi connectivity index (χ0v) is 29.8. The topological polar surface area (TPSA) is 133 Å². The van der Waals surface area contributed by atoms with Crippen molar-refractivity contribution in [3.05, 3.63) is 96.6 Å². The molecule has 0 bridgehead atoms. The molecule has 0 aliphatic carbocycles. The standard InChI is InChI=1S/C19H21FN2O3.C17H26F3N3O2/c1-10-5-11(2)18(12(3)6-10)14-7-13(4)19(20)15(8-14)16(21-22-25)9-17(23)24;1-12(2)8-9-21-15(24)13-6-7-14(17(18,19)20)23(16(13)25)11-5-10-22(3)4/h5-8,16H,9H2,1-4H3,(H,21,25)(H,23,24);6-7,12H,5,8-11H2,1-4H3,(H,21,24)/t16-;/m0./s1. The Morgan fingerprint density at radius 2 is 1.62 bits per heavy atom. The molecule has 0 unspecified atom stereocenters. The fourth-order valence-corrected chi connectivity index (χ4v) is 5.63. The van der Waals surface area contributed by atoms with E-state index >= 15 is 0 Å². The molecule has 3 aromatic rings. The molecule has 3 N–H and O–H groups in total. The Morgan fingerprint density at radius 3 is 2.14 bits per heavy atom. The molecular weight excluding hydrogens is 658 g/mol. The van der Waals surface area contributed by atoms with E-state index in [9.17, 15) is 36.9 Å². The number of nitrogens with one attached hydrogen (secondary N) is 2. The Morgan fingerprint density at radius 1 is 1.00 bits per heavy atom. The van der Waals surface area contributed by atoms with Crippen LogP contribution in [0.1, 0.15) is 83.0 Å². The number of halogens is 4. The van der Waals surface area contributed by atoms with Crippen molar-refractivity contribution in [2.75, 3.05) is 27.2 Å². The van der Waals surface area contributed by atoms with Crippen molar-refractivity contribution in [2.45, 2.75) is 79.6 Å². The van der Waals surface area contributed by atoms with E-state index in [1.54, 1.807) is 33.2 Å². The molecule has 0 aliphatic rings. The summed E-state index contributed by atoms with van der Waals surface area (Å²) in [5.74, 6) is -1.95. The lowest BCUT2D eigenvalue weighted by Gasteiger charge is -2.19. The maximum absolute atomic E-state index is 14.6. The molecule has 3 rings (SSSR count). The lowest BCUT2D eigenvalue weighted by Crippen LogP contribution is -2.36. The summed E-state index contributed by atoms with van der Waals surface area (Å²) in [6, 6.07) is 8.14. The summed E-state index contributed by atoms with van der Waals surface area (Å²) in [5, 5.41) is 14.2.